The van der Waals surface area contributed by atoms with Crippen LogP contribution in [0.1, 0.15) is 29.7 Å². The van der Waals surface area contributed by atoms with Crippen molar-refractivity contribution >= 4 is 0 Å². The minimum Gasteiger partial charge on any atom is -0.495 e. The summed E-state index contributed by atoms with van der Waals surface area (Å²) in [5, 5.41) is 3.84. The monoisotopic (exact) mass is 429 g/mol. The van der Waals surface area contributed by atoms with Gasteiger partial charge in [-0.2, -0.15) is 9.97 Å². The zero-order chi connectivity index (χ0) is 22.1. The van der Waals surface area contributed by atoms with Crippen molar-refractivity contribution < 1.29 is 14.0 Å². The molecule has 162 valence electrons. The summed E-state index contributed by atoms with van der Waals surface area (Å²) in [7, 11) is 1.64. The maximum Gasteiger partial charge on any atom is 0.257 e. The molecule has 3 aromatic heterocycles. The Labute approximate surface area is 185 Å². The van der Waals surface area contributed by atoms with E-state index in [1.807, 2.05) is 43.3 Å². The number of ether oxygens (including phenoxy) is 2. The number of nitrogens with zero attached hydrogens (tertiary/aromatic N) is 5. The Morgan fingerprint density at radius 1 is 0.938 bits per heavy atom. The Balaban J connectivity index is 1.29. The average Bonchev–Trinajstić information content (AvgIpc) is 3.48. The van der Waals surface area contributed by atoms with Crippen LogP contribution in [0, 0.1) is 19.8 Å². The second-order valence-electron chi connectivity index (χ2n) is 7.90. The molecule has 32 heavy (non-hydrogen) atoms. The molecular weight excluding hydrogens is 406 g/mol. The Morgan fingerprint density at radius 3 is 2.44 bits per heavy atom. The normalized spacial score (nSPS) is 17.2. The van der Waals surface area contributed by atoms with E-state index >= 15 is 0 Å². The fourth-order valence-corrected chi connectivity index (χ4v) is 3.68. The van der Waals surface area contributed by atoms with Gasteiger partial charge in [0.25, 0.3) is 5.89 Å². The summed E-state index contributed by atoms with van der Waals surface area (Å²) in [5.74, 6) is 3.96. The van der Waals surface area contributed by atoms with E-state index in [4.69, 9.17) is 14.0 Å². The van der Waals surface area contributed by atoms with Gasteiger partial charge < -0.3 is 14.0 Å². The van der Waals surface area contributed by atoms with E-state index in [2.05, 4.69) is 25.1 Å². The minimum absolute atomic E-state index is 0.407. The van der Waals surface area contributed by atoms with Gasteiger partial charge in [-0.1, -0.05) is 17.3 Å². The van der Waals surface area contributed by atoms with Crippen molar-refractivity contribution in [3.05, 3.63) is 66.1 Å². The summed E-state index contributed by atoms with van der Waals surface area (Å²) in [6.45, 7) is 4.24. The summed E-state index contributed by atoms with van der Waals surface area (Å²) in [6, 6.07) is 11.8. The number of aromatic nitrogens is 5. The van der Waals surface area contributed by atoms with Gasteiger partial charge >= 0.3 is 0 Å². The molecule has 4 aromatic rings. The molecule has 8 nitrogen and oxygen atoms in total. The zero-order valence-corrected chi connectivity index (χ0v) is 18.1. The molecule has 8 heteroatoms. The Morgan fingerprint density at radius 2 is 1.75 bits per heavy atom. The van der Waals surface area contributed by atoms with E-state index in [1.165, 1.54) is 0 Å². The van der Waals surface area contributed by atoms with Gasteiger partial charge in [0, 0.05) is 29.3 Å². The lowest BCUT2D eigenvalue weighted by Crippen LogP contribution is -2.05. The van der Waals surface area contributed by atoms with Gasteiger partial charge in [-0.3, -0.25) is 4.98 Å². The van der Waals surface area contributed by atoms with Crippen LogP contribution < -0.4 is 9.47 Å². The number of hydrogen-bond acceptors (Lipinski definition) is 8. The fourth-order valence-electron chi connectivity index (χ4n) is 3.68. The maximum absolute atomic E-state index is 6.17. The van der Waals surface area contributed by atoms with E-state index in [1.54, 1.807) is 26.4 Å². The first kappa shape index (κ1) is 20.1. The first-order chi connectivity index (χ1) is 15.6. The molecule has 2 unspecified atom stereocenters. The molecular formula is C24H23N5O3. The molecule has 1 aliphatic carbocycles. The molecule has 1 aromatic carbocycles. The Hall–Kier alpha value is -3.81. The molecule has 5 rings (SSSR count). The minimum atomic E-state index is 0.407. The third-order valence-corrected chi connectivity index (χ3v) is 5.58. The summed E-state index contributed by atoms with van der Waals surface area (Å²) in [5.41, 5.74) is 3.75. The standard InChI is InChI=1S/C24H23N5O3/c1-14-25-12-21(16-4-6-17(7-5-16)23-28-15(2)29-32-23)24(27-14)31-13-18-10-20(18)22-9-8-19(30-3)11-26-22/h4-9,11-12,18,20H,10,13H2,1-3H3. The van der Waals surface area contributed by atoms with Crippen molar-refractivity contribution in [1.82, 2.24) is 25.1 Å². The highest BCUT2D eigenvalue weighted by Gasteiger charge is 2.40. The number of benzene rings is 1. The van der Waals surface area contributed by atoms with Crippen LogP contribution in [0.2, 0.25) is 0 Å². The van der Waals surface area contributed by atoms with Crippen LogP contribution in [0.3, 0.4) is 0 Å². The van der Waals surface area contributed by atoms with Crippen LogP contribution in [0.15, 0.2) is 53.3 Å². The van der Waals surface area contributed by atoms with Gasteiger partial charge in [0.2, 0.25) is 5.88 Å². The molecule has 0 spiro atoms. The second kappa shape index (κ2) is 8.37. The van der Waals surface area contributed by atoms with Crippen molar-refractivity contribution in [3.8, 4) is 34.2 Å². The SMILES string of the molecule is COc1ccc(C2CC2COc2nc(C)ncc2-c2ccc(-c3nc(C)no3)cc2)nc1. The third kappa shape index (κ3) is 4.16. The molecule has 0 N–H and O–H groups in total. The number of methoxy groups -OCH3 is 1. The van der Waals surface area contributed by atoms with Crippen molar-refractivity contribution in [3.63, 3.8) is 0 Å². The molecule has 2 atom stereocenters. The summed E-state index contributed by atoms with van der Waals surface area (Å²) >= 11 is 0. The van der Waals surface area contributed by atoms with Crippen molar-refractivity contribution in [1.29, 1.82) is 0 Å². The van der Waals surface area contributed by atoms with Gasteiger partial charge in [0.05, 0.1) is 25.5 Å². The lowest BCUT2D eigenvalue weighted by molar-refractivity contribution is 0.285. The van der Waals surface area contributed by atoms with Gasteiger partial charge in [0.1, 0.15) is 11.6 Å². The first-order valence-electron chi connectivity index (χ1n) is 10.5. The van der Waals surface area contributed by atoms with Crippen molar-refractivity contribution in [2.75, 3.05) is 13.7 Å². The lowest BCUT2D eigenvalue weighted by atomic mass is 10.1. The average molecular weight is 429 g/mol. The summed E-state index contributed by atoms with van der Waals surface area (Å²) in [6.07, 6.45) is 4.62. The fraction of sp³-hybridized carbons (Fsp3) is 0.292. The van der Waals surface area contributed by atoms with Crippen LogP contribution >= 0.6 is 0 Å². The van der Waals surface area contributed by atoms with Gasteiger partial charge in [-0.15, -0.1) is 0 Å². The number of pyridine rings is 1. The van der Waals surface area contributed by atoms with Crippen molar-refractivity contribution in [2.45, 2.75) is 26.2 Å². The highest BCUT2D eigenvalue weighted by atomic mass is 16.5. The number of hydrogen-bond donors (Lipinski definition) is 0. The third-order valence-electron chi connectivity index (χ3n) is 5.58. The number of aryl methyl sites for hydroxylation is 2. The van der Waals surface area contributed by atoms with Crippen LogP contribution in [-0.2, 0) is 0 Å². The van der Waals surface area contributed by atoms with E-state index in [9.17, 15) is 0 Å². The Kier molecular flexibility index (Phi) is 5.26. The van der Waals surface area contributed by atoms with Crippen LogP contribution in [0.25, 0.3) is 22.6 Å². The van der Waals surface area contributed by atoms with Crippen LogP contribution in [0.4, 0.5) is 0 Å². The summed E-state index contributed by atoms with van der Waals surface area (Å²) < 4.78 is 16.6. The van der Waals surface area contributed by atoms with Crippen LogP contribution in [-0.4, -0.2) is 38.8 Å². The molecule has 1 aliphatic rings. The molecule has 3 heterocycles. The maximum atomic E-state index is 6.17. The molecule has 1 fully saturated rings. The Bertz CT molecular complexity index is 1220. The van der Waals surface area contributed by atoms with Gasteiger partial charge in [0.15, 0.2) is 5.82 Å². The molecule has 0 saturated heterocycles. The number of rotatable bonds is 7. The van der Waals surface area contributed by atoms with Gasteiger partial charge in [-0.05, 0) is 50.1 Å². The molecule has 0 aliphatic heterocycles. The predicted molar refractivity (Wildman–Crippen MR) is 117 cm³/mol. The second-order valence-corrected chi connectivity index (χ2v) is 7.90. The first-order valence-corrected chi connectivity index (χ1v) is 10.5. The molecule has 0 radical (unpaired) electrons. The lowest BCUT2D eigenvalue weighted by Gasteiger charge is -2.11. The van der Waals surface area contributed by atoms with Crippen LogP contribution in [0.5, 0.6) is 11.6 Å². The van der Waals surface area contributed by atoms with Crippen molar-refractivity contribution in [2.24, 2.45) is 5.92 Å². The highest BCUT2D eigenvalue weighted by Crippen LogP contribution is 2.47. The molecule has 1 saturated carbocycles. The predicted octanol–water partition coefficient (Wildman–Crippen LogP) is 4.40. The van der Waals surface area contributed by atoms with E-state index < -0.39 is 0 Å². The van der Waals surface area contributed by atoms with E-state index in [0.717, 1.165) is 34.6 Å². The largest absolute Gasteiger partial charge is 0.495 e. The topological polar surface area (TPSA) is 96.1 Å². The quantitative estimate of drug-likeness (QED) is 0.427. The zero-order valence-electron chi connectivity index (χ0n) is 18.1. The van der Waals surface area contributed by atoms with E-state index in [-0.39, 0.29) is 0 Å². The smallest absolute Gasteiger partial charge is 0.257 e. The van der Waals surface area contributed by atoms with E-state index in [0.29, 0.717) is 41.9 Å². The van der Waals surface area contributed by atoms with Gasteiger partial charge in [-0.25, -0.2) is 4.98 Å². The molecule has 0 amide bonds. The summed E-state index contributed by atoms with van der Waals surface area (Å²) in [4.78, 5) is 17.7. The molecule has 0 bridgehead atoms. The highest BCUT2D eigenvalue weighted by molar-refractivity contribution is 5.70.